The number of aromatic nitrogens is 1. The minimum atomic E-state index is 0.0405. The van der Waals surface area contributed by atoms with E-state index in [9.17, 15) is 0 Å². The molecule has 2 aromatic rings. The van der Waals surface area contributed by atoms with Crippen molar-refractivity contribution in [3.05, 3.63) is 46.4 Å². The predicted molar refractivity (Wildman–Crippen MR) is 80.3 cm³/mol. The first-order valence-corrected chi connectivity index (χ1v) is 7.39. The topological polar surface area (TPSA) is 74.7 Å². The smallest absolute Gasteiger partial charge is 0.188 e. The quantitative estimate of drug-likeness (QED) is 0.383. The van der Waals surface area contributed by atoms with Crippen LogP contribution < -0.4 is 10.6 Å². The van der Waals surface area contributed by atoms with Gasteiger partial charge in [-0.3, -0.25) is 4.98 Å². The Bertz CT molecular complexity index is 607. The van der Waals surface area contributed by atoms with Crippen molar-refractivity contribution < 1.29 is 5.21 Å². The third-order valence-corrected chi connectivity index (χ3v) is 4.20. The summed E-state index contributed by atoms with van der Waals surface area (Å²) in [7, 11) is 0. The van der Waals surface area contributed by atoms with Crippen molar-refractivity contribution in [2.24, 2.45) is 10.9 Å². The van der Waals surface area contributed by atoms with Gasteiger partial charge in [0, 0.05) is 22.8 Å². The van der Waals surface area contributed by atoms with Crippen LogP contribution in [0.5, 0.6) is 0 Å². The van der Waals surface area contributed by atoms with Crippen molar-refractivity contribution >= 4 is 22.9 Å². The molecule has 3 rings (SSSR count). The highest BCUT2D eigenvalue weighted by atomic mass is 32.1. The number of anilines is 1. The average molecular weight is 288 g/mol. The van der Waals surface area contributed by atoms with E-state index >= 15 is 0 Å². The third-order valence-electron chi connectivity index (χ3n) is 3.34. The van der Waals surface area contributed by atoms with Gasteiger partial charge in [0.05, 0.1) is 6.54 Å². The van der Waals surface area contributed by atoms with Crippen molar-refractivity contribution in [3.63, 3.8) is 0 Å². The molecular formula is C14H16N4OS. The molecule has 0 radical (unpaired) electrons. The number of hydrogen-bond acceptors (Lipinski definition) is 5. The number of thiophene rings is 1. The van der Waals surface area contributed by atoms with Gasteiger partial charge in [0.15, 0.2) is 5.84 Å². The molecule has 0 atom stereocenters. The van der Waals surface area contributed by atoms with Gasteiger partial charge in [0.1, 0.15) is 5.69 Å². The lowest BCUT2D eigenvalue weighted by Gasteiger charge is -2.24. The maximum Gasteiger partial charge on any atom is 0.188 e. The van der Waals surface area contributed by atoms with Crippen molar-refractivity contribution in [2.75, 3.05) is 4.90 Å². The summed E-state index contributed by atoms with van der Waals surface area (Å²) in [5.74, 6) is 0.0405. The molecule has 0 aliphatic heterocycles. The number of amidine groups is 1. The minimum absolute atomic E-state index is 0.0405. The Balaban J connectivity index is 1.87. The van der Waals surface area contributed by atoms with E-state index in [1.807, 2.05) is 12.1 Å². The van der Waals surface area contributed by atoms with Gasteiger partial charge in [-0.05, 0) is 36.4 Å². The molecule has 104 valence electrons. The molecule has 0 aromatic carbocycles. The predicted octanol–water partition coefficient (Wildman–Crippen LogP) is 2.41. The first kappa shape index (κ1) is 12.9. The largest absolute Gasteiger partial charge is 0.409 e. The van der Waals surface area contributed by atoms with Crippen LogP contribution in [-0.4, -0.2) is 22.1 Å². The van der Waals surface area contributed by atoms with E-state index in [1.54, 1.807) is 17.5 Å². The molecular weight excluding hydrogens is 272 g/mol. The van der Waals surface area contributed by atoms with E-state index in [1.165, 1.54) is 17.7 Å². The zero-order valence-corrected chi connectivity index (χ0v) is 11.8. The molecule has 20 heavy (non-hydrogen) atoms. The van der Waals surface area contributed by atoms with Gasteiger partial charge < -0.3 is 15.8 Å². The number of pyridine rings is 1. The van der Waals surface area contributed by atoms with Crippen LogP contribution in [0.2, 0.25) is 0 Å². The van der Waals surface area contributed by atoms with Crippen LogP contribution in [0.25, 0.3) is 0 Å². The van der Waals surface area contributed by atoms with Crippen LogP contribution in [0.4, 0.5) is 5.69 Å². The Morgan fingerprint density at radius 3 is 3.00 bits per heavy atom. The Labute approximate surface area is 121 Å². The highest BCUT2D eigenvalue weighted by Crippen LogP contribution is 2.33. The van der Waals surface area contributed by atoms with E-state index in [-0.39, 0.29) is 5.84 Å². The first-order valence-electron chi connectivity index (χ1n) is 6.51. The van der Waals surface area contributed by atoms with E-state index in [0.717, 1.165) is 12.2 Å². The van der Waals surface area contributed by atoms with E-state index in [4.69, 9.17) is 10.9 Å². The maximum absolute atomic E-state index is 8.76. The van der Waals surface area contributed by atoms with Gasteiger partial charge in [0.2, 0.25) is 0 Å². The van der Waals surface area contributed by atoms with Crippen LogP contribution in [0.15, 0.2) is 41.0 Å². The third kappa shape index (κ3) is 2.75. The fourth-order valence-electron chi connectivity index (χ4n) is 2.18. The van der Waals surface area contributed by atoms with Gasteiger partial charge >= 0.3 is 0 Å². The number of hydrogen-bond donors (Lipinski definition) is 2. The zero-order chi connectivity index (χ0) is 13.9. The fourth-order valence-corrected chi connectivity index (χ4v) is 2.88. The summed E-state index contributed by atoms with van der Waals surface area (Å²) in [4.78, 5) is 7.82. The molecule has 1 aliphatic rings. The summed E-state index contributed by atoms with van der Waals surface area (Å²) >= 11 is 1.76. The highest BCUT2D eigenvalue weighted by molar-refractivity contribution is 7.09. The molecule has 5 nitrogen and oxygen atoms in total. The number of oxime groups is 1. The second kappa shape index (κ2) is 5.50. The Morgan fingerprint density at radius 2 is 2.35 bits per heavy atom. The number of rotatable bonds is 5. The Hall–Kier alpha value is -2.08. The van der Waals surface area contributed by atoms with Crippen molar-refractivity contribution in [1.29, 1.82) is 0 Å². The maximum atomic E-state index is 8.76. The Kier molecular flexibility index (Phi) is 3.56. The van der Waals surface area contributed by atoms with Gasteiger partial charge in [-0.15, -0.1) is 11.3 Å². The fraction of sp³-hybridized carbons (Fsp3) is 0.286. The molecule has 1 aliphatic carbocycles. The normalized spacial score (nSPS) is 15.3. The second-order valence-electron chi connectivity index (χ2n) is 4.82. The molecule has 1 fully saturated rings. The summed E-state index contributed by atoms with van der Waals surface area (Å²) in [6, 6.07) is 8.64. The van der Waals surface area contributed by atoms with E-state index in [2.05, 4.69) is 32.6 Å². The number of nitrogens with zero attached hydrogens (tertiary/aromatic N) is 3. The standard InChI is InChI=1S/C14H16N4OS/c15-14(17-19)13-8-11(5-6-16-13)18(10-3-4-10)9-12-2-1-7-20-12/h1-2,5-8,10,19H,3-4,9H2,(H2,15,17). The SMILES string of the molecule is NC(=NO)c1cc(N(Cc2cccs2)C2CC2)ccn1. The molecule has 3 N–H and O–H groups in total. The summed E-state index contributed by atoms with van der Waals surface area (Å²) in [5.41, 5.74) is 7.18. The van der Waals surface area contributed by atoms with E-state index in [0.29, 0.717) is 11.7 Å². The monoisotopic (exact) mass is 288 g/mol. The summed E-state index contributed by atoms with van der Waals surface area (Å²) < 4.78 is 0. The highest BCUT2D eigenvalue weighted by Gasteiger charge is 2.29. The van der Waals surface area contributed by atoms with Crippen LogP contribution in [0.1, 0.15) is 23.4 Å². The lowest BCUT2D eigenvalue weighted by atomic mass is 10.2. The molecule has 2 aromatic heterocycles. The first-order chi connectivity index (χ1) is 9.78. The van der Waals surface area contributed by atoms with Gasteiger partial charge in [-0.25, -0.2) is 0 Å². The van der Waals surface area contributed by atoms with Crippen LogP contribution in [0.3, 0.4) is 0 Å². The number of nitrogens with two attached hydrogens (primary N) is 1. The van der Waals surface area contributed by atoms with Gasteiger partial charge in [-0.2, -0.15) is 0 Å². The van der Waals surface area contributed by atoms with Crippen molar-refractivity contribution in [2.45, 2.75) is 25.4 Å². The van der Waals surface area contributed by atoms with Crippen LogP contribution in [0, 0.1) is 0 Å². The summed E-state index contributed by atoms with van der Waals surface area (Å²) in [6.07, 6.45) is 4.13. The molecule has 1 saturated carbocycles. The molecule has 0 bridgehead atoms. The molecule has 0 unspecified atom stereocenters. The van der Waals surface area contributed by atoms with Crippen molar-refractivity contribution in [3.8, 4) is 0 Å². The second-order valence-corrected chi connectivity index (χ2v) is 5.86. The lowest BCUT2D eigenvalue weighted by Crippen LogP contribution is -2.25. The van der Waals surface area contributed by atoms with Gasteiger partial charge in [-0.1, -0.05) is 11.2 Å². The van der Waals surface area contributed by atoms with Crippen molar-refractivity contribution in [1.82, 2.24) is 4.98 Å². The van der Waals surface area contributed by atoms with Gasteiger partial charge in [0.25, 0.3) is 0 Å². The lowest BCUT2D eigenvalue weighted by molar-refractivity contribution is 0.318. The summed E-state index contributed by atoms with van der Waals surface area (Å²) in [6.45, 7) is 0.891. The van der Waals surface area contributed by atoms with Crippen LogP contribution in [-0.2, 0) is 6.54 Å². The molecule has 0 spiro atoms. The summed E-state index contributed by atoms with van der Waals surface area (Å²) in [5, 5.41) is 13.9. The minimum Gasteiger partial charge on any atom is -0.409 e. The molecule has 2 heterocycles. The average Bonchev–Trinajstić information content (AvgIpc) is 3.20. The molecule has 0 saturated heterocycles. The molecule has 6 heteroatoms. The Morgan fingerprint density at radius 1 is 1.50 bits per heavy atom. The zero-order valence-electron chi connectivity index (χ0n) is 10.9. The van der Waals surface area contributed by atoms with Crippen LogP contribution >= 0.6 is 11.3 Å². The van der Waals surface area contributed by atoms with E-state index < -0.39 is 0 Å². The molecule has 0 amide bonds.